The van der Waals surface area contributed by atoms with Gasteiger partial charge in [-0.25, -0.2) is 0 Å². The molecule has 16 heavy (non-hydrogen) atoms. The van der Waals surface area contributed by atoms with Crippen molar-refractivity contribution in [3.8, 4) is 0 Å². The van der Waals surface area contributed by atoms with Crippen LogP contribution < -0.4 is 10.2 Å². The summed E-state index contributed by atoms with van der Waals surface area (Å²) in [6.45, 7) is 9.51. The average molecular weight is 220 g/mol. The summed E-state index contributed by atoms with van der Waals surface area (Å²) in [5, 5.41) is 12.0. The Kier molecular flexibility index (Phi) is 3.10. The van der Waals surface area contributed by atoms with Gasteiger partial charge in [-0.2, -0.15) is 5.10 Å². The fourth-order valence-electron chi connectivity index (χ4n) is 2.05. The summed E-state index contributed by atoms with van der Waals surface area (Å²) < 4.78 is 0. The van der Waals surface area contributed by atoms with E-state index in [1.165, 1.54) is 0 Å². The Morgan fingerprint density at radius 1 is 1.38 bits per heavy atom. The Hall–Kier alpha value is -1.16. The van der Waals surface area contributed by atoms with Gasteiger partial charge in [-0.15, -0.1) is 5.10 Å². The maximum absolute atomic E-state index is 4.29. The van der Waals surface area contributed by atoms with Crippen molar-refractivity contribution in [3.63, 3.8) is 0 Å². The maximum atomic E-state index is 4.29. The SMILES string of the molecule is CCc1ccc(N2CCNC(C)(C)C2)nn1. The topological polar surface area (TPSA) is 41.0 Å². The van der Waals surface area contributed by atoms with E-state index in [4.69, 9.17) is 0 Å². The highest BCUT2D eigenvalue weighted by atomic mass is 15.3. The molecular formula is C12H20N4. The molecule has 1 aromatic rings. The summed E-state index contributed by atoms with van der Waals surface area (Å²) in [7, 11) is 0. The van der Waals surface area contributed by atoms with E-state index in [9.17, 15) is 0 Å². The van der Waals surface area contributed by atoms with Crippen LogP contribution in [0.1, 0.15) is 26.5 Å². The molecule has 0 saturated carbocycles. The van der Waals surface area contributed by atoms with Gasteiger partial charge in [0.1, 0.15) is 0 Å². The van der Waals surface area contributed by atoms with E-state index in [1.807, 2.05) is 0 Å². The molecule has 4 nitrogen and oxygen atoms in total. The minimum absolute atomic E-state index is 0.156. The molecule has 0 radical (unpaired) electrons. The number of nitrogens with one attached hydrogen (secondary N) is 1. The second-order valence-corrected chi connectivity index (χ2v) is 4.97. The molecule has 2 rings (SSSR count). The van der Waals surface area contributed by atoms with E-state index < -0.39 is 0 Å². The van der Waals surface area contributed by atoms with Gasteiger partial charge in [-0.3, -0.25) is 0 Å². The quantitative estimate of drug-likeness (QED) is 0.814. The normalized spacial score (nSPS) is 19.8. The summed E-state index contributed by atoms with van der Waals surface area (Å²) in [6.07, 6.45) is 0.945. The van der Waals surface area contributed by atoms with E-state index in [0.717, 1.165) is 37.6 Å². The molecule has 0 spiro atoms. The van der Waals surface area contributed by atoms with Gasteiger partial charge in [0.05, 0.1) is 5.69 Å². The van der Waals surface area contributed by atoms with Crippen LogP contribution in [0.4, 0.5) is 5.82 Å². The first-order valence-corrected chi connectivity index (χ1v) is 5.93. The fraction of sp³-hybridized carbons (Fsp3) is 0.667. The number of aromatic nitrogens is 2. The Morgan fingerprint density at radius 2 is 2.19 bits per heavy atom. The van der Waals surface area contributed by atoms with E-state index >= 15 is 0 Å². The Bertz CT molecular complexity index is 345. The van der Waals surface area contributed by atoms with Gasteiger partial charge in [0, 0.05) is 25.2 Å². The standard InChI is InChI=1S/C12H20N4/c1-4-10-5-6-11(15-14-10)16-8-7-13-12(2,3)9-16/h5-6,13H,4,7-9H2,1-3H3. The second-order valence-electron chi connectivity index (χ2n) is 4.97. The molecule has 2 heterocycles. The van der Waals surface area contributed by atoms with E-state index in [-0.39, 0.29) is 5.54 Å². The minimum atomic E-state index is 0.156. The van der Waals surface area contributed by atoms with Crippen LogP contribution in [0, 0.1) is 0 Å². The van der Waals surface area contributed by atoms with Crippen molar-refractivity contribution in [1.29, 1.82) is 0 Å². The zero-order valence-corrected chi connectivity index (χ0v) is 10.3. The Labute approximate surface area is 97.1 Å². The molecule has 1 aliphatic rings. The fourth-order valence-corrected chi connectivity index (χ4v) is 2.05. The molecule has 0 aromatic carbocycles. The van der Waals surface area contributed by atoms with Gasteiger partial charge in [0.25, 0.3) is 0 Å². The highest BCUT2D eigenvalue weighted by Gasteiger charge is 2.26. The lowest BCUT2D eigenvalue weighted by molar-refractivity contribution is 0.351. The van der Waals surface area contributed by atoms with Gasteiger partial charge in [-0.05, 0) is 32.4 Å². The van der Waals surface area contributed by atoms with Crippen LogP contribution in [0.5, 0.6) is 0 Å². The van der Waals surface area contributed by atoms with Crippen molar-refractivity contribution in [2.45, 2.75) is 32.7 Å². The number of hydrogen-bond donors (Lipinski definition) is 1. The minimum Gasteiger partial charge on any atom is -0.352 e. The summed E-state index contributed by atoms with van der Waals surface area (Å²) in [5.41, 5.74) is 1.21. The predicted molar refractivity (Wildman–Crippen MR) is 65.7 cm³/mol. The van der Waals surface area contributed by atoms with Crippen LogP contribution in [0.25, 0.3) is 0 Å². The van der Waals surface area contributed by atoms with Gasteiger partial charge in [-0.1, -0.05) is 6.92 Å². The molecule has 1 N–H and O–H groups in total. The van der Waals surface area contributed by atoms with Crippen molar-refractivity contribution in [2.24, 2.45) is 0 Å². The molecule has 0 aliphatic carbocycles. The lowest BCUT2D eigenvalue weighted by Crippen LogP contribution is -2.57. The Balaban J connectivity index is 2.11. The highest BCUT2D eigenvalue weighted by molar-refractivity contribution is 5.38. The van der Waals surface area contributed by atoms with Crippen molar-refractivity contribution in [3.05, 3.63) is 17.8 Å². The number of anilines is 1. The van der Waals surface area contributed by atoms with Crippen LogP contribution >= 0.6 is 0 Å². The third-order valence-electron chi connectivity index (χ3n) is 2.96. The highest BCUT2D eigenvalue weighted by Crippen LogP contribution is 2.16. The Morgan fingerprint density at radius 3 is 2.75 bits per heavy atom. The van der Waals surface area contributed by atoms with Gasteiger partial charge >= 0.3 is 0 Å². The van der Waals surface area contributed by atoms with Crippen molar-refractivity contribution in [1.82, 2.24) is 15.5 Å². The number of nitrogens with zero attached hydrogens (tertiary/aromatic N) is 3. The van der Waals surface area contributed by atoms with Crippen molar-refractivity contribution >= 4 is 5.82 Å². The summed E-state index contributed by atoms with van der Waals surface area (Å²) in [4.78, 5) is 2.29. The molecule has 4 heteroatoms. The molecule has 1 aliphatic heterocycles. The molecule has 0 bridgehead atoms. The van der Waals surface area contributed by atoms with Crippen molar-refractivity contribution < 1.29 is 0 Å². The summed E-state index contributed by atoms with van der Waals surface area (Å²) >= 11 is 0. The first-order chi connectivity index (χ1) is 7.61. The van der Waals surface area contributed by atoms with Gasteiger partial charge in [0.15, 0.2) is 5.82 Å². The third kappa shape index (κ3) is 2.50. The molecule has 1 fully saturated rings. The maximum Gasteiger partial charge on any atom is 0.151 e. The molecule has 0 atom stereocenters. The molecule has 1 saturated heterocycles. The van der Waals surface area contributed by atoms with Crippen LogP contribution in [0.3, 0.4) is 0 Å². The third-order valence-corrected chi connectivity index (χ3v) is 2.96. The molecular weight excluding hydrogens is 200 g/mol. The van der Waals surface area contributed by atoms with Crippen LogP contribution in [-0.2, 0) is 6.42 Å². The molecule has 88 valence electrons. The summed E-state index contributed by atoms with van der Waals surface area (Å²) in [6, 6.07) is 4.14. The first kappa shape index (κ1) is 11.3. The summed E-state index contributed by atoms with van der Waals surface area (Å²) in [5.74, 6) is 0.992. The van der Waals surface area contributed by atoms with Crippen molar-refractivity contribution in [2.75, 3.05) is 24.5 Å². The lowest BCUT2D eigenvalue weighted by Gasteiger charge is -2.39. The smallest absolute Gasteiger partial charge is 0.151 e. The predicted octanol–water partition coefficient (Wildman–Crippen LogP) is 1.23. The van der Waals surface area contributed by atoms with Crippen LogP contribution in [-0.4, -0.2) is 35.4 Å². The van der Waals surface area contributed by atoms with Crippen LogP contribution in [0.15, 0.2) is 12.1 Å². The second kappa shape index (κ2) is 4.37. The number of rotatable bonds is 2. The largest absolute Gasteiger partial charge is 0.352 e. The van der Waals surface area contributed by atoms with E-state index in [0.29, 0.717) is 0 Å². The number of piperazine rings is 1. The van der Waals surface area contributed by atoms with E-state index in [2.05, 4.69) is 53.3 Å². The molecule has 0 unspecified atom stereocenters. The van der Waals surface area contributed by atoms with E-state index in [1.54, 1.807) is 0 Å². The monoisotopic (exact) mass is 220 g/mol. The zero-order chi connectivity index (χ0) is 11.6. The number of hydrogen-bond acceptors (Lipinski definition) is 4. The number of aryl methyl sites for hydroxylation is 1. The average Bonchev–Trinajstić information content (AvgIpc) is 2.28. The van der Waals surface area contributed by atoms with Crippen LogP contribution in [0.2, 0.25) is 0 Å². The van der Waals surface area contributed by atoms with Gasteiger partial charge in [0.2, 0.25) is 0 Å². The first-order valence-electron chi connectivity index (χ1n) is 5.93. The molecule has 0 amide bonds. The van der Waals surface area contributed by atoms with Gasteiger partial charge < -0.3 is 10.2 Å². The zero-order valence-electron chi connectivity index (χ0n) is 10.3. The lowest BCUT2D eigenvalue weighted by atomic mass is 10.0. The molecule has 1 aromatic heterocycles.